The predicted octanol–water partition coefficient (Wildman–Crippen LogP) is 5.35. The highest BCUT2D eigenvalue weighted by Crippen LogP contribution is 2.27. The number of hydrogen-bond donors (Lipinski definition) is 2. The van der Waals surface area contributed by atoms with Crippen LogP contribution in [0.4, 0.5) is 22.7 Å². The lowest BCUT2D eigenvalue weighted by molar-refractivity contribution is 0.609. The molecule has 0 aliphatic heterocycles. The molecule has 0 amide bonds. The standard InChI is InChI=1S/C20H29N3/c1-2-3-4-5-6-7-16-23(19-12-8-17(21)9-13-19)20-14-10-18(22)11-15-20/h8-15H,2-7,16,21-22H2,1H3. The molecule has 0 unspecified atom stereocenters. The maximum Gasteiger partial charge on any atom is 0.0412 e. The molecule has 3 nitrogen and oxygen atoms in total. The van der Waals surface area contributed by atoms with Crippen LogP contribution in [-0.2, 0) is 0 Å². The molecule has 3 heteroatoms. The zero-order valence-corrected chi connectivity index (χ0v) is 14.2. The second-order valence-corrected chi connectivity index (χ2v) is 6.10. The van der Waals surface area contributed by atoms with E-state index in [9.17, 15) is 0 Å². The van der Waals surface area contributed by atoms with Crippen molar-refractivity contribution in [1.29, 1.82) is 0 Å². The second-order valence-electron chi connectivity index (χ2n) is 6.10. The molecule has 0 saturated heterocycles. The molecular weight excluding hydrogens is 282 g/mol. The van der Waals surface area contributed by atoms with Crippen LogP contribution in [0.5, 0.6) is 0 Å². The first-order valence-electron chi connectivity index (χ1n) is 8.69. The van der Waals surface area contributed by atoms with Gasteiger partial charge in [-0.15, -0.1) is 0 Å². The van der Waals surface area contributed by atoms with E-state index in [1.807, 2.05) is 24.3 Å². The minimum Gasteiger partial charge on any atom is -0.399 e. The van der Waals surface area contributed by atoms with Crippen molar-refractivity contribution in [3.05, 3.63) is 48.5 Å². The van der Waals surface area contributed by atoms with Gasteiger partial charge in [0.05, 0.1) is 0 Å². The summed E-state index contributed by atoms with van der Waals surface area (Å²) in [5.41, 5.74) is 15.6. The monoisotopic (exact) mass is 311 g/mol. The fraction of sp³-hybridized carbons (Fsp3) is 0.400. The summed E-state index contributed by atoms with van der Waals surface area (Å²) < 4.78 is 0. The molecule has 0 spiro atoms. The zero-order valence-electron chi connectivity index (χ0n) is 14.2. The topological polar surface area (TPSA) is 55.3 Å². The average molecular weight is 311 g/mol. The fourth-order valence-electron chi connectivity index (χ4n) is 2.77. The molecule has 4 N–H and O–H groups in total. The SMILES string of the molecule is CCCCCCCCN(c1ccc(N)cc1)c1ccc(N)cc1. The normalized spacial score (nSPS) is 10.7. The molecule has 2 aromatic carbocycles. The quantitative estimate of drug-likeness (QED) is 0.485. The van der Waals surface area contributed by atoms with Crippen molar-refractivity contribution in [1.82, 2.24) is 0 Å². The van der Waals surface area contributed by atoms with Crippen molar-refractivity contribution in [3.63, 3.8) is 0 Å². The Kier molecular flexibility index (Phi) is 6.79. The van der Waals surface area contributed by atoms with Crippen molar-refractivity contribution in [2.24, 2.45) is 0 Å². The van der Waals surface area contributed by atoms with Gasteiger partial charge in [-0.25, -0.2) is 0 Å². The molecule has 2 aromatic rings. The summed E-state index contributed by atoms with van der Waals surface area (Å²) >= 11 is 0. The molecule has 0 radical (unpaired) electrons. The van der Waals surface area contributed by atoms with Gasteiger partial charge in [0.15, 0.2) is 0 Å². The van der Waals surface area contributed by atoms with Crippen LogP contribution in [-0.4, -0.2) is 6.54 Å². The van der Waals surface area contributed by atoms with Gasteiger partial charge in [-0.05, 0) is 55.0 Å². The molecule has 0 saturated carbocycles. The van der Waals surface area contributed by atoms with Crippen LogP contribution in [0.15, 0.2) is 48.5 Å². The van der Waals surface area contributed by atoms with Crippen molar-refractivity contribution < 1.29 is 0 Å². The predicted molar refractivity (Wildman–Crippen MR) is 102 cm³/mol. The lowest BCUT2D eigenvalue weighted by Crippen LogP contribution is -2.18. The van der Waals surface area contributed by atoms with E-state index in [2.05, 4.69) is 36.1 Å². The van der Waals surface area contributed by atoms with E-state index in [-0.39, 0.29) is 0 Å². The Morgan fingerprint density at radius 1 is 0.652 bits per heavy atom. The molecule has 0 aliphatic carbocycles. The second kappa shape index (κ2) is 9.09. The average Bonchev–Trinajstić information content (AvgIpc) is 2.57. The fourth-order valence-corrected chi connectivity index (χ4v) is 2.77. The van der Waals surface area contributed by atoms with Crippen molar-refractivity contribution in [2.45, 2.75) is 45.4 Å². The number of rotatable bonds is 9. The number of anilines is 4. The lowest BCUT2D eigenvalue weighted by atomic mass is 10.1. The molecule has 23 heavy (non-hydrogen) atoms. The van der Waals surface area contributed by atoms with Gasteiger partial charge in [0.2, 0.25) is 0 Å². The van der Waals surface area contributed by atoms with Crippen LogP contribution in [0.2, 0.25) is 0 Å². The van der Waals surface area contributed by atoms with Crippen LogP contribution in [0.3, 0.4) is 0 Å². The van der Waals surface area contributed by atoms with Crippen LogP contribution in [0.25, 0.3) is 0 Å². The molecule has 0 aliphatic rings. The number of benzene rings is 2. The van der Waals surface area contributed by atoms with E-state index in [1.165, 1.54) is 49.9 Å². The summed E-state index contributed by atoms with van der Waals surface area (Å²) in [5, 5.41) is 0. The summed E-state index contributed by atoms with van der Waals surface area (Å²) in [4.78, 5) is 2.35. The number of nitrogens with two attached hydrogens (primary N) is 2. The third kappa shape index (κ3) is 5.51. The van der Waals surface area contributed by atoms with E-state index >= 15 is 0 Å². The Labute approximate surface area is 140 Å². The molecule has 0 heterocycles. The van der Waals surface area contributed by atoms with Crippen molar-refractivity contribution in [3.8, 4) is 0 Å². The molecule has 0 bridgehead atoms. The van der Waals surface area contributed by atoms with Crippen LogP contribution < -0.4 is 16.4 Å². The minimum atomic E-state index is 0.797. The lowest BCUT2D eigenvalue weighted by Gasteiger charge is -2.25. The number of unbranched alkanes of at least 4 members (excludes halogenated alkanes) is 5. The highest BCUT2D eigenvalue weighted by Gasteiger charge is 2.09. The highest BCUT2D eigenvalue weighted by molar-refractivity contribution is 5.66. The van der Waals surface area contributed by atoms with E-state index < -0.39 is 0 Å². The first-order chi connectivity index (χ1) is 11.2. The van der Waals surface area contributed by atoms with E-state index in [0.29, 0.717) is 0 Å². The zero-order chi connectivity index (χ0) is 16.5. The third-order valence-electron chi connectivity index (χ3n) is 4.14. The molecule has 0 aromatic heterocycles. The van der Waals surface area contributed by atoms with E-state index in [4.69, 9.17) is 11.5 Å². The molecule has 124 valence electrons. The Balaban J connectivity index is 2.02. The Morgan fingerprint density at radius 3 is 1.57 bits per heavy atom. The maximum absolute atomic E-state index is 5.82. The van der Waals surface area contributed by atoms with Gasteiger partial charge >= 0.3 is 0 Å². The van der Waals surface area contributed by atoms with Gasteiger partial charge in [-0.1, -0.05) is 39.0 Å². The first kappa shape index (κ1) is 17.2. The molecular formula is C20H29N3. The highest BCUT2D eigenvalue weighted by atomic mass is 15.1. The first-order valence-corrected chi connectivity index (χ1v) is 8.69. The van der Waals surface area contributed by atoms with Crippen LogP contribution in [0.1, 0.15) is 45.4 Å². The van der Waals surface area contributed by atoms with Crippen molar-refractivity contribution >= 4 is 22.7 Å². The van der Waals surface area contributed by atoms with E-state index in [1.54, 1.807) is 0 Å². The molecule has 2 rings (SSSR count). The molecule has 0 atom stereocenters. The van der Waals surface area contributed by atoms with Crippen molar-refractivity contribution in [2.75, 3.05) is 22.9 Å². The van der Waals surface area contributed by atoms with E-state index in [0.717, 1.165) is 17.9 Å². The molecule has 0 fully saturated rings. The Hall–Kier alpha value is -2.16. The smallest absolute Gasteiger partial charge is 0.0412 e. The van der Waals surface area contributed by atoms with Gasteiger partial charge < -0.3 is 16.4 Å². The summed E-state index contributed by atoms with van der Waals surface area (Å²) in [7, 11) is 0. The summed E-state index contributed by atoms with van der Waals surface area (Å²) in [6, 6.07) is 16.2. The Bertz CT molecular complexity index is 515. The van der Waals surface area contributed by atoms with Crippen LogP contribution in [0, 0.1) is 0 Å². The van der Waals surface area contributed by atoms with Gasteiger partial charge in [-0.2, -0.15) is 0 Å². The van der Waals surface area contributed by atoms with Crippen LogP contribution >= 0.6 is 0 Å². The Morgan fingerprint density at radius 2 is 1.09 bits per heavy atom. The van der Waals surface area contributed by atoms with Gasteiger partial charge in [0.25, 0.3) is 0 Å². The summed E-state index contributed by atoms with van der Waals surface area (Å²) in [5.74, 6) is 0. The van der Waals surface area contributed by atoms with Gasteiger partial charge in [0, 0.05) is 29.3 Å². The number of nitrogen functional groups attached to an aromatic ring is 2. The minimum absolute atomic E-state index is 0.797. The van der Waals surface area contributed by atoms with Gasteiger partial charge in [-0.3, -0.25) is 0 Å². The summed E-state index contributed by atoms with van der Waals surface area (Å²) in [6.07, 6.45) is 7.78. The largest absolute Gasteiger partial charge is 0.399 e. The maximum atomic E-state index is 5.82. The number of nitrogens with zero attached hydrogens (tertiary/aromatic N) is 1. The number of hydrogen-bond acceptors (Lipinski definition) is 3. The summed E-state index contributed by atoms with van der Waals surface area (Å²) in [6.45, 7) is 3.27. The third-order valence-corrected chi connectivity index (χ3v) is 4.14. The van der Waals surface area contributed by atoms with Gasteiger partial charge in [0.1, 0.15) is 0 Å².